The van der Waals surface area contributed by atoms with E-state index in [1.54, 1.807) is 11.3 Å². The molecule has 6 nitrogen and oxygen atoms in total. The van der Waals surface area contributed by atoms with E-state index in [4.69, 9.17) is 0 Å². The summed E-state index contributed by atoms with van der Waals surface area (Å²) in [5, 5.41) is 9.32. The van der Waals surface area contributed by atoms with Crippen molar-refractivity contribution in [1.82, 2.24) is 9.55 Å². The minimum atomic E-state index is 0.681. The third-order valence-corrected chi connectivity index (χ3v) is 5.50. The van der Waals surface area contributed by atoms with Gasteiger partial charge in [0, 0.05) is 12.2 Å². The molecule has 2 aromatic heterocycles. The molecule has 2 heterocycles. The number of aryl methyl sites for hydroxylation is 1. The van der Waals surface area contributed by atoms with Crippen LogP contribution in [0, 0.1) is 0 Å². The van der Waals surface area contributed by atoms with Crippen LogP contribution in [-0.2, 0) is 13.6 Å². The van der Waals surface area contributed by atoms with Gasteiger partial charge in [-0.25, -0.2) is 14.1 Å². The highest BCUT2D eigenvalue weighted by Crippen LogP contribution is 2.29. The fourth-order valence-electron chi connectivity index (χ4n) is 3.07. The lowest BCUT2D eigenvalue weighted by molar-refractivity contribution is -0.671. The molecule has 142 valence electrons. The predicted molar refractivity (Wildman–Crippen MR) is 114 cm³/mol. The highest BCUT2D eigenvalue weighted by molar-refractivity contribution is 7.21. The molecule has 0 N–H and O–H groups in total. The van der Waals surface area contributed by atoms with Crippen LogP contribution in [0.1, 0.15) is 6.92 Å². The third-order valence-electron chi connectivity index (χ3n) is 4.58. The van der Waals surface area contributed by atoms with Gasteiger partial charge in [-0.05, 0) is 43.3 Å². The molecule has 2 aromatic carbocycles. The molecule has 0 fully saturated rings. The van der Waals surface area contributed by atoms with E-state index in [0.29, 0.717) is 5.13 Å². The predicted octanol–water partition coefficient (Wildman–Crippen LogP) is 4.86. The summed E-state index contributed by atoms with van der Waals surface area (Å²) in [6.07, 6.45) is 6.25. The molecule has 0 saturated carbocycles. The van der Waals surface area contributed by atoms with Gasteiger partial charge in [0.05, 0.1) is 29.5 Å². The first kappa shape index (κ1) is 18.3. The Morgan fingerprint density at radius 3 is 2.64 bits per heavy atom. The Balaban J connectivity index is 1.41. The fraction of sp³-hybridized carbons (Fsp3) is 0.238. The van der Waals surface area contributed by atoms with Gasteiger partial charge in [0.1, 0.15) is 18.9 Å². The summed E-state index contributed by atoms with van der Waals surface area (Å²) in [5.41, 5.74) is 2.99. The van der Waals surface area contributed by atoms with E-state index in [2.05, 4.69) is 67.0 Å². The van der Waals surface area contributed by atoms with Crippen LogP contribution in [0.2, 0.25) is 0 Å². The Hall–Kier alpha value is -3.06. The second kappa shape index (κ2) is 8.31. The van der Waals surface area contributed by atoms with E-state index < -0.39 is 0 Å². The molecule has 0 amide bonds. The second-order valence-electron chi connectivity index (χ2n) is 6.58. The first-order valence-corrected chi connectivity index (χ1v) is 10.2. The number of anilines is 1. The van der Waals surface area contributed by atoms with Gasteiger partial charge in [-0.15, -0.1) is 10.2 Å². The largest absolute Gasteiger partial charge is 0.368 e. The zero-order valence-electron chi connectivity index (χ0n) is 16.1. The van der Waals surface area contributed by atoms with Gasteiger partial charge in [-0.1, -0.05) is 23.5 Å². The molecular weight excluding hydrogens is 368 g/mol. The molecule has 0 atom stereocenters. The number of benzene rings is 2. The zero-order chi connectivity index (χ0) is 19.3. The molecule has 28 heavy (non-hydrogen) atoms. The average Bonchev–Trinajstić information content (AvgIpc) is 3.33. The van der Waals surface area contributed by atoms with Crippen LogP contribution in [0.4, 0.5) is 16.5 Å². The normalized spacial score (nSPS) is 11.5. The summed E-state index contributed by atoms with van der Waals surface area (Å²) in [5.74, 6) is 0. The Morgan fingerprint density at radius 1 is 1.11 bits per heavy atom. The molecule has 0 spiro atoms. The average molecular weight is 392 g/mol. The summed E-state index contributed by atoms with van der Waals surface area (Å²) in [6.45, 7) is 5.04. The maximum absolute atomic E-state index is 4.49. The van der Waals surface area contributed by atoms with Crippen molar-refractivity contribution in [3.05, 3.63) is 67.3 Å². The first-order chi connectivity index (χ1) is 13.7. The number of rotatable bonds is 7. The zero-order valence-corrected chi connectivity index (χ0v) is 16.9. The van der Waals surface area contributed by atoms with Crippen molar-refractivity contribution in [2.75, 3.05) is 18.0 Å². The van der Waals surface area contributed by atoms with E-state index in [-0.39, 0.29) is 0 Å². The molecule has 0 aliphatic rings. The highest BCUT2D eigenvalue weighted by Gasteiger charge is 2.07. The number of para-hydroxylation sites is 1. The molecule has 0 bridgehead atoms. The van der Waals surface area contributed by atoms with Gasteiger partial charge in [-0.2, -0.15) is 0 Å². The lowest BCUT2D eigenvalue weighted by Crippen LogP contribution is -2.28. The van der Waals surface area contributed by atoms with Crippen LogP contribution < -0.4 is 9.47 Å². The van der Waals surface area contributed by atoms with E-state index in [9.17, 15) is 0 Å². The number of likely N-dealkylation sites (N-methyl/N-ethyl adjacent to an activating group) is 1. The molecular formula is C21H23N6S+. The summed E-state index contributed by atoms with van der Waals surface area (Å²) >= 11 is 1.55. The molecule has 0 radical (unpaired) electrons. The van der Waals surface area contributed by atoms with E-state index in [1.807, 2.05) is 43.4 Å². The number of nitrogens with zero attached hydrogens (tertiary/aromatic N) is 6. The topological polar surface area (TPSA) is 49.7 Å². The Bertz CT molecular complexity index is 1050. The van der Waals surface area contributed by atoms with Crippen molar-refractivity contribution < 1.29 is 4.57 Å². The Labute approximate surface area is 168 Å². The third kappa shape index (κ3) is 4.26. The lowest BCUT2D eigenvalue weighted by Gasteiger charge is -2.22. The minimum Gasteiger partial charge on any atom is -0.368 e. The molecule has 0 unspecified atom stereocenters. The monoisotopic (exact) mass is 391 g/mol. The van der Waals surface area contributed by atoms with Crippen molar-refractivity contribution in [3.8, 4) is 0 Å². The van der Waals surface area contributed by atoms with Crippen LogP contribution >= 0.6 is 11.3 Å². The van der Waals surface area contributed by atoms with Crippen molar-refractivity contribution in [1.29, 1.82) is 0 Å². The van der Waals surface area contributed by atoms with Crippen molar-refractivity contribution in [3.63, 3.8) is 0 Å². The molecule has 4 rings (SSSR count). The van der Waals surface area contributed by atoms with Crippen molar-refractivity contribution >= 4 is 38.1 Å². The van der Waals surface area contributed by atoms with Crippen LogP contribution in [-0.4, -0.2) is 22.6 Å². The SMILES string of the molecule is CCN(CCn1cc[n+](C)c1)c1ccc(/N=N/c2nc3ccccc3s2)cc1. The Kier molecular flexibility index (Phi) is 5.43. The number of azo groups is 1. The summed E-state index contributed by atoms with van der Waals surface area (Å²) in [6, 6.07) is 16.3. The number of aromatic nitrogens is 3. The van der Waals surface area contributed by atoms with Gasteiger partial charge < -0.3 is 4.90 Å². The van der Waals surface area contributed by atoms with Gasteiger partial charge in [0.2, 0.25) is 11.5 Å². The summed E-state index contributed by atoms with van der Waals surface area (Å²) in [7, 11) is 2.04. The van der Waals surface area contributed by atoms with E-state index >= 15 is 0 Å². The molecule has 0 saturated heterocycles. The number of imidazole rings is 1. The van der Waals surface area contributed by atoms with E-state index in [1.165, 1.54) is 5.69 Å². The molecule has 7 heteroatoms. The van der Waals surface area contributed by atoms with Crippen molar-refractivity contribution in [2.24, 2.45) is 17.3 Å². The van der Waals surface area contributed by atoms with Gasteiger partial charge >= 0.3 is 0 Å². The van der Waals surface area contributed by atoms with Gasteiger partial charge in [0.25, 0.3) is 0 Å². The van der Waals surface area contributed by atoms with Crippen LogP contribution in [0.5, 0.6) is 0 Å². The maximum Gasteiger partial charge on any atom is 0.243 e. The quantitative estimate of drug-likeness (QED) is 0.333. The van der Waals surface area contributed by atoms with Crippen LogP contribution in [0.15, 0.2) is 77.5 Å². The fourth-order valence-corrected chi connectivity index (χ4v) is 3.86. The van der Waals surface area contributed by atoms with Gasteiger partial charge in [-0.3, -0.25) is 0 Å². The summed E-state index contributed by atoms with van der Waals surface area (Å²) < 4.78 is 5.38. The number of thiazole rings is 1. The summed E-state index contributed by atoms with van der Waals surface area (Å²) in [4.78, 5) is 6.84. The smallest absolute Gasteiger partial charge is 0.243 e. The number of hydrogen-bond donors (Lipinski definition) is 0. The Morgan fingerprint density at radius 2 is 1.93 bits per heavy atom. The maximum atomic E-state index is 4.49. The first-order valence-electron chi connectivity index (χ1n) is 9.34. The van der Waals surface area contributed by atoms with Crippen LogP contribution in [0.3, 0.4) is 0 Å². The molecule has 0 aliphatic heterocycles. The van der Waals surface area contributed by atoms with Crippen molar-refractivity contribution in [2.45, 2.75) is 13.5 Å². The lowest BCUT2D eigenvalue weighted by atomic mass is 10.2. The van der Waals surface area contributed by atoms with E-state index in [0.717, 1.165) is 35.5 Å². The highest BCUT2D eigenvalue weighted by atomic mass is 32.1. The molecule has 4 aromatic rings. The minimum absolute atomic E-state index is 0.681. The number of fused-ring (bicyclic) bond motifs is 1. The number of hydrogen-bond acceptors (Lipinski definition) is 5. The van der Waals surface area contributed by atoms with Crippen LogP contribution in [0.25, 0.3) is 10.2 Å². The molecule has 0 aliphatic carbocycles. The second-order valence-corrected chi connectivity index (χ2v) is 7.59. The van der Waals surface area contributed by atoms with Gasteiger partial charge in [0.15, 0.2) is 0 Å². The standard InChI is InChI=1S/C21H23N6S/c1-3-27(15-14-26-13-12-25(2)16-26)18-10-8-17(9-11-18)23-24-21-22-19-6-4-5-7-20(19)28-21/h4-13,16H,3,14-15H2,1-2H3/q+1/b24-23+.